The molecule has 2 aliphatic rings. The van der Waals surface area contributed by atoms with Crippen molar-refractivity contribution in [3.8, 4) is 0 Å². The molecule has 1 saturated carbocycles. The monoisotopic (exact) mass is 240 g/mol. The molecule has 1 saturated heterocycles. The van der Waals surface area contributed by atoms with Gasteiger partial charge in [0, 0.05) is 12.6 Å². The van der Waals surface area contributed by atoms with Crippen molar-refractivity contribution < 1.29 is 9.53 Å². The van der Waals surface area contributed by atoms with E-state index < -0.39 is 5.60 Å². The Hall–Kier alpha value is -0.770. The largest absolute Gasteiger partial charge is 0.444 e. The molecule has 1 aliphatic carbocycles. The standard InChI is InChI=1S/C13H24N2O2/c1-13(2,3)17-12(16)15-11-6-4-5-9-7-14-8-10(9)11/h9-11,14H,4-8H2,1-3H3,(H,15,16)/t9-,10+,11-/m0/s1. The number of fused-ring (bicyclic) bond motifs is 1. The lowest BCUT2D eigenvalue weighted by molar-refractivity contribution is 0.0461. The molecule has 3 atom stereocenters. The molecular weight excluding hydrogens is 216 g/mol. The second-order valence-electron chi connectivity index (χ2n) is 6.27. The Morgan fingerprint density at radius 2 is 2.06 bits per heavy atom. The zero-order chi connectivity index (χ0) is 12.5. The van der Waals surface area contributed by atoms with Crippen molar-refractivity contribution in [1.29, 1.82) is 0 Å². The van der Waals surface area contributed by atoms with Gasteiger partial charge >= 0.3 is 6.09 Å². The number of hydrogen-bond donors (Lipinski definition) is 2. The van der Waals surface area contributed by atoms with E-state index in [0.29, 0.717) is 12.0 Å². The van der Waals surface area contributed by atoms with Crippen LogP contribution < -0.4 is 10.6 Å². The van der Waals surface area contributed by atoms with Crippen LogP contribution in [0.2, 0.25) is 0 Å². The molecule has 1 heterocycles. The number of alkyl carbamates (subject to hydrolysis) is 1. The number of rotatable bonds is 1. The number of amides is 1. The van der Waals surface area contributed by atoms with Gasteiger partial charge in [-0.15, -0.1) is 0 Å². The number of carbonyl (C=O) groups excluding carboxylic acids is 1. The highest BCUT2D eigenvalue weighted by Crippen LogP contribution is 2.32. The number of nitrogens with one attached hydrogen (secondary N) is 2. The zero-order valence-electron chi connectivity index (χ0n) is 11.1. The van der Waals surface area contributed by atoms with Crippen LogP contribution in [0.4, 0.5) is 4.79 Å². The first-order valence-corrected chi connectivity index (χ1v) is 6.66. The van der Waals surface area contributed by atoms with Crippen LogP contribution in [0.25, 0.3) is 0 Å². The summed E-state index contributed by atoms with van der Waals surface area (Å²) in [4.78, 5) is 11.8. The normalized spacial score (nSPS) is 33.0. The Morgan fingerprint density at radius 3 is 2.76 bits per heavy atom. The number of hydrogen-bond acceptors (Lipinski definition) is 3. The summed E-state index contributed by atoms with van der Waals surface area (Å²) < 4.78 is 5.32. The lowest BCUT2D eigenvalue weighted by Crippen LogP contribution is -2.47. The van der Waals surface area contributed by atoms with Crippen LogP contribution in [0.1, 0.15) is 40.0 Å². The van der Waals surface area contributed by atoms with Crippen LogP contribution in [-0.4, -0.2) is 30.8 Å². The molecule has 1 aliphatic heterocycles. The highest BCUT2D eigenvalue weighted by atomic mass is 16.6. The van der Waals surface area contributed by atoms with Gasteiger partial charge in [-0.2, -0.15) is 0 Å². The molecule has 98 valence electrons. The molecule has 1 amide bonds. The molecular formula is C13H24N2O2. The lowest BCUT2D eigenvalue weighted by Gasteiger charge is -2.34. The van der Waals surface area contributed by atoms with Crippen molar-refractivity contribution in [2.24, 2.45) is 11.8 Å². The first-order chi connectivity index (χ1) is 7.96. The summed E-state index contributed by atoms with van der Waals surface area (Å²) in [5.41, 5.74) is -0.411. The second-order valence-corrected chi connectivity index (χ2v) is 6.27. The van der Waals surface area contributed by atoms with Crippen LogP contribution in [0.3, 0.4) is 0 Å². The van der Waals surface area contributed by atoms with Crippen molar-refractivity contribution in [3.63, 3.8) is 0 Å². The van der Waals surface area contributed by atoms with Crippen molar-refractivity contribution in [3.05, 3.63) is 0 Å². The van der Waals surface area contributed by atoms with Crippen LogP contribution in [-0.2, 0) is 4.74 Å². The third-order valence-corrected chi connectivity index (χ3v) is 3.70. The highest BCUT2D eigenvalue weighted by molar-refractivity contribution is 5.68. The minimum atomic E-state index is -0.411. The van der Waals surface area contributed by atoms with E-state index in [0.717, 1.165) is 25.4 Å². The number of carbonyl (C=O) groups is 1. The minimum Gasteiger partial charge on any atom is -0.444 e. The zero-order valence-corrected chi connectivity index (χ0v) is 11.1. The van der Waals surface area contributed by atoms with Gasteiger partial charge in [0.15, 0.2) is 0 Å². The Labute approximate surface area is 103 Å². The van der Waals surface area contributed by atoms with E-state index in [2.05, 4.69) is 10.6 Å². The molecule has 0 spiro atoms. The summed E-state index contributed by atoms with van der Waals surface area (Å²) >= 11 is 0. The fourth-order valence-corrected chi connectivity index (χ4v) is 2.99. The average molecular weight is 240 g/mol. The Bertz CT molecular complexity index is 286. The summed E-state index contributed by atoms with van der Waals surface area (Å²) in [6.45, 7) is 7.83. The van der Waals surface area contributed by atoms with E-state index >= 15 is 0 Å². The molecule has 0 radical (unpaired) electrons. The molecule has 0 bridgehead atoms. The molecule has 2 N–H and O–H groups in total. The molecule has 0 aromatic carbocycles. The fourth-order valence-electron chi connectivity index (χ4n) is 2.99. The quantitative estimate of drug-likeness (QED) is 0.736. The molecule has 2 rings (SSSR count). The van der Waals surface area contributed by atoms with Gasteiger partial charge in [-0.05, 0) is 52.0 Å². The van der Waals surface area contributed by atoms with E-state index in [1.807, 2.05) is 20.8 Å². The summed E-state index contributed by atoms with van der Waals surface area (Å²) in [6.07, 6.45) is 3.32. The molecule has 17 heavy (non-hydrogen) atoms. The fraction of sp³-hybridized carbons (Fsp3) is 0.923. The second kappa shape index (κ2) is 4.84. The van der Waals surface area contributed by atoms with E-state index in [1.165, 1.54) is 12.8 Å². The molecule has 0 aromatic heterocycles. The van der Waals surface area contributed by atoms with Gasteiger partial charge < -0.3 is 15.4 Å². The predicted molar refractivity (Wildman–Crippen MR) is 66.9 cm³/mol. The summed E-state index contributed by atoms with van der Waals surface area (Å²) in [5, 5.41) is 6.47. The maximum atomic E-state index is 11.8. The summed E-state index contributed by atoms with van der Waals surface area (Å²) in [6, 6.07) is 0.290. The third kappa shape index (κ3) is 3.35. The Kier molecular flexibility index (Phi) is 3.61. The van der Waals surface area contributed by atoms with Gasteiger partial charge in [0.25, 0.3) is 0 Å². The topological polar surface area (TPSA) is 50.4 Å². The average Bonchev–Trinajstić information content (AvgIpc) is 2.63. The first kappa shape index (κ1) is 12.7. The van der Waals surface area contributed by atoms with E-state index in [-0.39, 0.29) is 6.09 Å². The van der Waals surface area contributed by atoms with Gasteiger partial charge in [0.05, 0.1) is 0 Å². The van der Waals surface area contributed by atoms with Gasteiger partial charge in [0.1, 0.15) is 5.60 Å². The third-order valence-electron chi connectivity index (χ3n) is 3.70. The van der Waals surface area contributed by atoms with Crippen molar-refractivity contribution in [2.45, 2.75) is 51.7 Å². The Morgan fingerprint density at radius 1 is 1.29 bits per heavy atom. The van der Waals surface area contributed by atoms with Crippen molar-refractivity contribution in [2.75, 3.05) is 13.1 Å². The summed E-state index contributed by atoms with van der Waals surface area (Å²) in [7, 11) is 0. The van der Waals surface area contributed by atoms with Gasteiger partial charge in [-0.1, -0.05) is 6.42 Å². The molecule has 4 heteroatoms. The predicted octanol–water partition coefficient (Wildman–Crippen LogP) is 1.90. The lowest BCUT2D eigenvalue weighted by atomic mass is 9.78. The highest BCUT2D eigenvalue weighted by Gasteiger charge is 2.37. The van der Waals surface area contributed by atoms with E-state index in [9.17, 15) is 4.79 Å². The van der Waals surface area contributed by atoms with Crippen LogP contribution >= 0.6 is 0 Å². The molecule has 0 aromatic rings. The van der Waals surface area contributed by atoms with E-state index in [1.54, 1.807) is 0 Å². The van der Waals surface area contributed by atoms with Gasteiger partial charge in [0.2, 0.25) is 0 Å². The maximum absolute atomic E-state index is 11.8. The summed E-state index contributed by atoms with van der Waals surface area (Å²) in [5.74, 6) is 1.33. The van der Waals surface area contributed by atoms with E-state index in [4.69, 9.17) is 4.74 Å². The van der Waals surface area contributed by atoms with Crippen LogP contribution in [0, 0.1) is 11.8 Å². The molecule has 2 fully saturated rings. The van der Waals surface area contributed by atoms with Crippen molar-refractivity contribution in [1.82, 2.24) is 10.6 Å². The van der Waals surface area contributed by atoms with Gasteiger partial charge in [-0.3, -0.25) is 0 Å². The van der Waals surface area contributed by atoms with Crippen molar-refractivity contribution >= 4 is 6.09 Å². The van der Waals surface area contributed by atoms with Crippen LogP contribution in [0.5, 0.6) is 0 Å². The minimum absolute atomic E-state index is 0.268. The molecule has 4 nitrogen and oxygen atoms in total. The molecule has 0 unspecified atom stereocenters. The Balaban J connectivity index is 1.87. The maximum Gasteiger partial charge on any atom is 0.407 e. The SMILES string of the molecule is CC(C)(C)OC(=O)N[C@H]1CCC[C@H]2CNC[C@H]21. The van der Waals surface area contributed by atoms with Crippen LogP contribution in [0.15, 0.2) is 0 Å². The smallest absolute Gasteiger partial charge is 0.407 e. The van der Waals surface area contributed by atoms with Gasteiger partial charge in [-0.25, -0.2) is 4.79 Å². The first-order valence-electron chi connectivity index (χ1n) is 6.66. The number of ether oxygens (including phenoxy) is 1.